The van der Waals surface area contributed by atoms with E-state index in [0.29, 0.717) is 12.0 Å². The van der Waals surface area contributed by atoms with Crippen LogP contribution in [0.5, 0.6) is 0 Å². The number of nitrogens with zero attached hydrogens (tertiary/aromatic N) is 2. The highest BCUT2D eigenvalue weighted by molar-refractivity contribution is 7.07. The van der Waals surface area contributed by atoms with Crippen molar-refractivity contribution in [3.63, 3.8) is 0 Å². The summed E-state index contributed by atoms with van der Waals surface area (Å²) in [6, 6.07) is 2.55. The predicted octanol–water partition coefficient (Wildman–Crippen LogP) is 3.52. The van der Waals surface area contributed by atoms with Crippen molar-refractivity contribution >= 4 is 17.3 Å². The summed E-state index contributed by atoms with van der Waals surface area (Å²) in [7, 11) is 0. The van der Waals surface area contributed by atoms with Gasteiger partial charge in [0.25, 0.3) is 0 Å². The van der Waals surface area contributed by atoms with Gasteiger partial charge in [-0.3, -0.25) is 9.89 Å². The van der Waals surface area contributed by atoms with Crippen LogP contribution in [0.25, 0.3) is 0 Å². The lowest BCUT2D eigenvalue weighted by Crippen LogP contribution is -2.39. The van der Waals surface area contributed by atoms with Crippen molar-refractivity contribution in [1.82, 2.24) is 15.5 Å². The molecule has 0 bridgehead atoms. The summed E-state index contributed by atoms with van der Waals surface area (Å²) in [4.78, 5) is 7.35. The lowest BCUT2D eigenvalue weighted by atomic mass is 10.0. The van der Waals surface area contributed by atoms with Gasteiger partial charge >= 0.3 is 0 Å². The van der Waals surface area contributed by atoms with Gasteiger partial charge in [-0.2, -0.15) is 11.3 Å². The first kappa shape index (κ1) is 24.1. The third kappa shape index (κ3) is 9.03. The topological polar surface area (TPSA) is 58.1 Å². The third-order valence-corrected chi connectivity index (χ3v) is 6.10. The largest absolute Gasteiger partial charge is 0.381 e. The molecule has 2 heterocycles. The van der Waals surface area contributed by atoms with E-state index in [-0.39, 0.29) is 0 Å². The zero-order valence-electron chi connectivity index (χ0n) is 18.5. The van der Waals surface area contributed by atoms with E-state index < -0.39 is 0 Å². The average molecular weight is 425 g/mol. The molecule has 1 atom stereocenters. The van der Waals surface area contributed by atoms with Crippen LogP contribution in [0.3, 0.4) is 0 Å². The van der Waals surface area contributed by atoms with Crippen molar-refractivity contribution in [2.24, 2.45) is 10.9 Å². The van der Waals surface area contributed by atoms with Gasteiger partial charge in [0.1, 0.15) is 0 Å². The van der Waals surface area contributed by atoms with Crippen LogP contribution in [-0.2, 0) is 9.47 Å². The summed E-state index contributed by atoms with van der Waals surface area (Å²) >= 11 is 1.76. The Morgan fingerprint density at radius 3 is 2.72 bits per heavy atom. The summed E-state index contributed by atoms with van der Waals surface area (Å²) in [6.07, 6.45) is 3.25. The molecule has 0 aliphatic carbocycles. The molecular formula is C22H40N4O2S. The Balaban J connectivity index is 1.75. The first-order valence-corrected chi connectivity index (χ1v) is 12.2. The maximum Gasteiger partial charge on any atom is 0.191 e. The molecule has 1 aliphatic rings. The molecular weight excluding hydrogens is 384 g/mol. The Hall–Kier alpha value is -1.15. The highest BCUT2D eigenvalue weighted by Crippen LogP contribution is 2.23. The van der Waals surface area contributed by atoms with E-state index in [0.717, 1.165) is 84.4 Å². The van der Waals surface area contributed by atoms with Crippen LogP contribution in [0.2, 0.25) is 0 Å². The van der Waals surface area contributed by atoms with Crippen molar-refractivity contribution in [3.05, 3.63) is 22.4 Å². The van der Waals surface area contributed by atoms with Gasteiger partial charge in [-0.25, -0.2) is 0 Å². The predicted molar refractivity (Wildman–Crippen MR) is 123 cm³/mol. The standard InChI is InChI=1S/C22H40N4O2S/c1-4-23-22(24-11-7-12-28-17-19-8-13-27-14-9-19)25-16-21(26(5-2)6-3)20-10-15-29-18-20/h10,15,18-19,21H,4-9,11-14,16-17H2,1-3H3,(H2,23,24,25). The smallest absolute Gasteiger partial charge is 0.191 e. The Morgan fingerprint density at radius 1 is 1.28 bits per heavy atom. The van der Waals surface area contributed by atoms with E-state index in [2.05, 4.69) is 53.1 Å². The molecule has 1 fully saturated rings. The molecule has 1 aromatic rings. The number of hydrogen-bond acceptors (Lipinski definition) is 5. The van der Waals surface area contributed by atoms with E-state index in [9.17, 15) is 0 Å². The average Bonchev–Trinajstić information content (AvgIpc) is 3.28. The Labute approximate surface area is 181 Å². The van der Waals surface area contributed by atoms with Gasteiger partial charge < -0.3 is 20.1 Å². The molecule has 0 amide bonds. The van der Waals surface area contributed by atoms with E-state index in [1.165, 1.54) is 5.56 Å². The summed E-state index contributed by atoms with van der Waals surface area (Å²) in [6.45, 7) is 14.5. The molecule has 2 rings (SSSR count). The lowest BCUT2D eigenvalue weighted by molar-refractivity contribution is 0.0203. The number of aliphatic imine (C=N–C) groups is 1. The number of likely N-dealkylation sites (N-methyl/N-ethyl adjacent to an activating group) is 1. The molecule has 0 aromatic carbocycles. The van der Waals surface area contributed by atoms with Crippen molar-refractivity contribution in [2.75, 3.05) is 59.2 Å². The molecule has 1 saturated heterocycles. The third-order valence-electron chi connectivity index (χ3n) is 5.40. The number of hydrogen-bond donors (Lipinski definition) is 2. The minimum Gasteiger partial charge on any atom is -0.381 e. The van der Waals surface area contributed by atoms with Gasteiger partial charge in [0.05, 0.1) is 12.6 Å². The first-order chi connectivity index (χ1) is 14.3. The summed E-state index contributed by atoms with van der Waals surface area (Å²) < 4.78 is 11.3. The fraction of sp³-hybridized carbons (Fsp3) is 0.773. The fourth-order valence-corrected chi connectivity index (χ4v) is 4.33. The van der Waals surface area contributed by atoms with E-state index in [4.69, 9.17) is 14.5 Å². The number of rotatable bonds is 13. The zero-order chi connectivity index (χ0) is 20.7. The minimum atomic E-state index is 0.328. The minimum absolute atomic E-state index is 0.328. The Morgan fingerprint density at radius 2 is 2.07 bits per heavy atom. The normalized spacial score (nSPS) is 16.9. The zero-order valence-corrected chi connectivity index (χ0v) is 19.3. The fourth-order valence-electron chi connectivity index (χ4n) is 3.62. The summed E-state index contributed by atoms with van der Waals surface area (Å²) in [5.41, 5.74) is 1.36. The molecule has 6 nitrogen and oxygen atoms in total. The van der Waals surface area contributed by atoms with Crippen LogP contribution >= 0.6 is 11.3 Å². The molecule has 166 valence electrons. The number of thiophene rings is 1. The van der Waals surface area contributed by atoms with Crippen molar-refractivity contribution in [3.8, 4) is 0 Å². The molecule has 7 heteroatoms. The van der Waals surface area contributed by atoms with Gasteiger partial charge in [-0.1, -0.05) is 13.8 Å². The van der Waals surface area contributed by atoms with E-state index >= 15 is 0 Å². The first-order valence-electron chi connectivity index (χ1n) is 11.2. The monoisotopic (exact) mass is 424 g/mol. The van der Waals surface area contributed by atoms with E-state index in [1.54, 1.807) is 11.3 Å². The molecule has 29 heavy (non-hydrogen) atoms. The molecule has 2 N–H and O–H groups in total. The van der Waals surface area contributed by atoms with Crippen LogP contribution in [0.15, 0.2) is 21.8 Å². The van der Waals surface area contributed by atoms with Gasteiger partial charge in [0.2, 0.25) is 0 Å². The number of nitrogens with one attached hydrogen (secondary N) is 2. The summed E-state index contributed by atoms with van der Waals surface area (Å²) in [5, 5.41) is 11.2. The molecule has 1 aromatic heterocycles. The second-order valence-electron chi connectivity index (χ2n) is 7.42. The van der Waals surface area contributed by atoms with Gasteiger partial charge in [0, 0.05) is 39.5 Å². The lowest BCUT2D eigenvalue weighted by Gasteiger charge is -2.28. The Bertz CT molecular complexity index is 543. The summed E-state index contributed by atoms with van der Waals surface area (Å²) in [5.74, 6) is 1.56. The highest BCUT2D eigenvalue weighted by Gasteiger charge is 2.18. The van der Waals surface area contributed by atoms with Crippen molar-refractivity contribution in [2.45, 2.75) is 46.1 Å². The highest BCUT2D eigenvalue weighted by atomic mass is 32.1. The van der Waals surface area contributed by atoms with Crippen LogP contribution < -0.4 is 10.6 Å². The number of guanidine groups is 1. The quantitative estimate of drug-likeness (QED) is 0.288. The van der Waals surface area contributed by atoms with Crippen LogP contribution in [0, 0.1) is 5.92 Å². The van der Waals surface area contributed by atoms with E-state index in [1.807, 2.05) is 0 Å². The molecule has 0 radical (unpaired) electrons. The number of ether oxygens (including phenoxy) is 2. The second kappa shape index (κ2) is 14.8. The van der Waals surface area contributed by atoms with Crippen LogP contribution in [0.1, 0.15) is 51.6 Å². The molecule has 1 aliphatic heterocycles. The van der Waals surface area contributed by atoms with Crippen molar-refractivity contribution < 1.29 is 9.47 Å². The Kier molecular flexibility index (Phi) is 12.3. The molecule has 1 unspecified atom stereocenters. The second-order valence-corrected chi connectivity index (χ2v) is 8.20. The molecule has 0 spiro atoms. The van der Waals surface area contributed by atoms with Crippen LogP contribution in [0.4, 0.5) is 0 Å². The van der Waals surface area contributed by atoms with Crippen molar-refractivity contribution in [1.29, 1.82) is 0 Å². The maximum atomic E-state index is 5.86. The molecule has 0 saturated carbocycles. The van der Waals surface area contributed by atoms with Gasteiger partial charge in [-0.05, 0) is 67.6 Å². The van der Waals surface area contributed by atoms with Crippen LogP contribution in [-0.4, -0.2) is 70.0 Å². The maximum absolute atomic E-state index is 5.86. The van der Waals surface area contributed by atoms with Gasteiger partial charge in [0.15, 0.2) is 5.96 Å². The SMILES string of the molecule is CCNC(=NCC(c1ccsc1)N(CC)CC)NCCCOCC1CCOCC1. The van der Waals surface area contributed by atoms with Gasteiger partial charge in [-0.15, -0.1) is 0 Å².